The molecule has 0 aromatic rings. The van der Waals surface area contributed by atoms with Gasteiger partial charge in [0.1, 0.15) is 0 Å². The first-order valence-corrected chi connectivity index (χ1v) is 7.83. The quantitative estimate of drug-likeness (QED) is 0.768. The minimum Gasteiger partial charge on any atom is -0.313 e. The van der Waals surface area contributed by atoms with E-state index in [9.17, 15) is 8.42 Å². The fourth-order valence-corrected chi connectivity index (χ4v) is 3.19. The maximum atomic E-state index is 11.2. The Morgan fingerprint density at radius 2 is 1.94 bits per heavy atom. The second kappa shape index (κ2) is 5.98. The van der Waals surface area contributed by atoms with Gasteiger partial charge in [-0.25, -0.2) is 13.6 Å². The molecule has 16 heavy (non-hydrogen) atoms. The summed E-state index contributed by atoms with van der Waals surface area (Å²) in [4.78, 5) is 0. The van der Waals surface area contributed by atoms with Gasteiger partial charge in [-0.1, -0.05) is 26.7 Å². The first-order valence-electron chi connectivity index (χ1n) is 6.22. The van der Waals surface area contributed by atoms with Crippen molar-refractivity contribution in [2.45, 2.75) is 57.2 Å². The fourth-order valence-electron chi connectivity index (χ4n) is 2.40. The number of primary sulfonamides is 1. The Kier molecular flexibility index (Phi) is 5.21. The average Bonchev–Trinajstić information content (AvgIpc) is 2.25. The van der Waals surface area contributed by atoms with Gasteiger partial charge in [-0.3, -0.25) is 0 Å². The van der Waals surface area contributed by atoms with Crippen molar-refractivity contribution in [3.05, 3.63) is 0 Å². The lowest BCUT2D eigenvalue weighted by Crippen LogP contribution is -2.47. The number of nitrogens with one attached hydrogen (secondary N) is 1. The maximum Gasteiger partial charge on any atom is 0.213 e. The van der Waals surface area contributed by atoms with Crippen LogP contribution in [0.3, 0.4) is 0 Å². The van der Waals surface area contributed by atoms with Crippen molar-refractivity contribution in [3.63, 3.8) is 0 Å². The number of rotatable bonds is 5. The van der Waals surface area contributed by atoms with Gasteiger partial charge in [-0.2, -0.15) is 0 Å². The van der Waals surface area contributed by atoms with Crippen LogP contribution < -0.4 is 10.5 Å². The van der Waals surface area contributed by atoms with Gasteiger partial charge in [0.25, 0.3) is 0 Å². The molecule has 0 radical (unpaired) electrons. The molecule has 5 heteroatoms. The lowest BCUT2D eigenvalue weighted by atomic mass is 9.90. The summed E-state index contributed by atoms with van der Waals surface area (Å²) in [7, 11) is -3.35. The van der Waals surface area contributed by atoms with Crippen molar-refractivity contribution in [2.75, 3.05) is 6.54 Å². The number of sulfonamides is 1. The van der Waals surface area contributed by atoms with E-state index in [4.69, 9.17) is 5.14 Å². The summed E-state index contributed by atoms with van der Waals surface area (Å²) in [6, 6.07) is 0.475. The van der Waals surface area contributed by atoms with Crippen LogP contribution in [0, 0.1) is 5.92 Å². The predicted molar refractivity (Wildman–Crippen MR) is 66.6 cm³/mol. The van der Waals surface area contributed by atoms with Gasteiger partial charge >= 0.3 is 0 Å². The zero-order valence-corrected chi connectivity index (χ0v) is 11.1. The van der Waals surface area contributed by atoms with E-state index >= 15 is 0 Å². The molecular weight excluding hydrogens is 224 g/mol. The van der Waals surface area contributed by atoms with Crippen molar-refractivity contribution in [2.24, 2.45) is 11.1 Å². The molecule has 0 spiro atoms. The molecule has 2 atom stereocenters. The zero-order chi connectivity index (χ0) is 12.2. The van der Waals surface area contributed by atoms with Gasteiger partial charge in [0, 0.05) is 12.6 Å². The zero-order valence-electron chi connectivity index (χ0n) is 10.3. The van der Waals surface area contributed by atoms with Gasteiger partial charge in [0.05, 0.1) is 5.25 Å². The number of hydrogen-bond donors (Lipinski definition) is 2. The Balaban J connectivity index is 2.38. The number of hydrogen-bond acceptors (Lipinski definition) is 3. The normalized spacial score (nSPS) is 27.2. The molecule has 1 aliphatic rings. The van der Waals surface area contributed by atoms with Crippen LogP contribution >= 0.6 is 0 Å². The summed E-state index contributed by atoms with van der Waals surface area (Å²) in [5.41, 5.74) is 0. The highest BCUT2D eigenvalue weighted by Gasteiger charge is 2.28. The van der Waals surface area contributed by atoms with Crippen LogP contribution in [0.5, 0.6) is 0 Å². The molecular formula is C11H24N2O2S. The van der Waals surface area contributed by atoms with Crippen molar-refractivity contribution in [1.82, 2.24) is 5.32 Å². The molecule has 2 unspecified atom stereocenters. The Morgan fingerprint density at radius 1 is 1.31 bits per heavy atom. The van der Waals surface area contributed by atoms with E-state index in [0.29, 0.717) is 19.0 Å². The summed E-state index contributed by atoms with van der Waals surface area (Å²) < 4.78 is 22.3. The molecule has 0 bridgehead atoms. The largest absolute Gasteiger partial charge is 0.313 e. The van der Waals surface area contributed by atoms with Crippen molar-refractivity contribution >= 4 is 10.0 Å². The molecule has 4 nitrogen and oxygen atoms in total. The van der Waals surface area contributed by atoms with Crippen LogP contribution in [-0.4, -0.2) is 26.3 Å². The summed E-state index contributed by atoms with van der Waals surface area (Å²) >= 11 is 0. The Hall–Kier alpha value is -0.130. The predicted octanol–water partition coefficient (Wildman–Crippen LogP) is 1.22. The molecule has 1 fully saturated rings. The van der Waals surface area contributed by atoms with Crippen molar-refractivity contribution in [1.29, 1.82) is 0 Å². The molecule has 0 saturated carbocycles. The topological polar surface area (TPSA) is 72.2 Å². The highest BCUT2D eigenvalue weighted by atomic mass is 32.2. The van der Waals surface area contributed by atoms with Gasteiger partial charge < -0.3 is 5.32 Å². The summed E-state index contributed by atoms with van der Waals surface area (Å²) in [6.07, 6.45) is 5.19. The van der Waals surface area contributed by atoms with Crippen LogP contribution in [-0.2, 0) is 10.0 Å². The van der Waals surface area contributed by atoms with E-state index in [-0.39, 0.29) is 5.25 Å². The summed E-state index contributed by atoms with van der Waals surface area (Å²) in [5, 5.41) is 8.07. The van der Waals surface area contributed by atoms with Crippen molar-refractivity contribution in [3.8, 4) is 0 Å². The first kappa shape index (κ1) is 13.9. The van der Waals surface area contributed by atoms with E-state index in [1.807, 2.05) is 0 Å². The van der Waals surface area contributed by atoms with E-state index in [1.54, 1.807) is 0 Å². The molecule has 1 rings (SSSR count). The van der Waals surface area contributed by atoms with Gasteiger partial charge in [0.15, 0.2) is 0 Å². The number of nitrogens with two attached hydrogens (primary N) is 1. The standard InChI is InChI=1S/C11H24N2O2S/c1-3-9(4-2)7-10-5-6-11(8-13-10)16(12,14)15/h9-11,13H,3-8H2,1-2H3,(H2,12,14,15). The Morgan fingerprint density at radius 3 is 2.31 bits per heavy atom. The Bertz CT molecular complexity index is 291. The van der Waals surface area contributed by atoms with E-state index in [0.717, 1.165) is 18.8 Å². The van der Waals surface area contributed by atoms with Gasteiger partial charge in [0.2, 0.25) is 10.0 Å². The van der Waals surface area contributed by atoms with Gasteiger partial charge in [-0.15, -0.1) is 0 Å². The highest BCUT2D eigenvalue weighted by Crippen LogP contribution is 2.21. The molecule has 0 aromatic heterocycles. The number of piperidine rings is 1. The van der Waals surface area contributed by atoms with Crippen LogP contribution in [0.15, 0.2) is 0 Å². The lowest BCUT2D eigenvalue weighted by molar-refractivity contribution is 0.316. The second-order valence-corrected chi connectivity index (χ2v) is 6.66. The minimum absolute atomic E-state index is 0.384. The molecule has 3 N–H and O–H groups in total. The lowest BCUT2D eigenvalue weighted by Gasteiger charge is -2.30. The van der Waals surface area contributed by atoms with E-state index in [1.165, 1.54) is 12.8 Å². The van der Waals surface area contributed by atoms with E-state index in [2.05, 4.69) is 19.2 Å². The molecule has 1 saturated heterocycles. The highest BCUT2D eigenvalue weighted by molar-refractivity contribution is 7.89. The third-order valence-electron chi connectivity index (χ3n) is 3.71. The fraction of sp³-hybridized carbons (Fsp3) is 1.00. The summed E-state index contributed by atoms with van der Waals surface area (Å²) in [6.45, 7) is 4.94. The maximum absolute atomic E-state index is 11.2. The van der Waals surface area contributed by atoms with Crippen molar-refractivity contribution < 1.29 is 8.42 Å². The molecule has 0 aliphatic carbocycles. The minimum atomic E-state index is -3.35. The Labute approximate surface area is 99.0 Å². The third kappa shape index (κ3) is 4.03. The molecule has 0 amide bonds. The molecule has 1 heterocycles. The monoisotopic (exact) mass is 248 g/mol. The van der Waals surface area contributed by atoms with E-state index < -0.39 is 10.0 Å². The molecule has 96 valence electrons. The third-order valence-corrected chi connectivity index (χ3v) is 5.04. The molecule has 0 aromatic carbocycles. The van der Waals surface area contributed by atoms with Crippen LogP contribution in [0.2, 0.25) is 0 Å². The molecule has 1 aliphatic heterocycles. The summed E-state index contributed by atoms with van der Waals surface area (Å²) in [5.74, 6) is 0.753. The average molecular weight is 248 g/mol. The van der Waals surface area contributed by atoms with Crippen LogP contribution in [0.25, 0.3) is 0 Å². The van der Waals surface area contributed by atoms with Crippen LogP contribution in [0.4, 0.5) is 0 Å². The van der Waals surface area contributed by atoms with Gasteiger partial charge in [-0.05, 0) is 25.2 Å². The second-order valence-electron chi connectivity index (χ2n) is 4.81. The SMILES string of the molecule is CCC(CC)CC1CCC(S(N)(=O)=O)CN1. The first-order chi connectivity index (χ1) is 7.47. The smallest absolute Gasteiger partial charge is 0.213 e. The van der Waals surface area contributed by atoms with Crippen LogP contribution in [0.1, 0.15) is 46.0 Å².